The second-order valence-corrected chi connectivity index (χ2v) is 6.55. The van der Waals surface area contributed by atoms with Crippen LogP contribution in [0, 0.1) is 0 Å². The SMILES string of the molecule is CCc1cccc(CC)c1NC(N)=NCc1coc(-c2cccs2)n1. The van der Waals surface area contributed by atoms with Crippen molar-refractivity contribution in [3.8, 4) is 10.8 Å². The van der Waals surface area contributed by atoms with Gasteiger partial charge in [-0.2, -0.15) is 0 Å². The van der Waals surface area contributed by atoms with Crippen LogP contribution in [0.5, 0.6) is 0 Å². The standard InChI is InChI=1S/C19H22N4OS/c1-3-13-7-5-8-14(4-2)17(13)23-19(20)21-11-15-12-24-18(22-15)16-9-6-10-25-16/h5-10,12H,3-4,11H2,1-2H3,(H3,20,21,23). The lowest BCUT2D eigenvalue weighted by atomic mass is 10.0. The summed E-state index contributed by atoms with van der Waals surface area (Å²) in [6.45, 7) is 4.65. The van der Waals surface area contributed by atoms with Gasteiger partial charge in [-0.1, -0.05) is 38.1 Å². The Labute approximate surface area is 151 Å². The Morgan fingerprint density at radius 3 is 2.60 bits per heavy atom. The molecule has 0 aliphatic rings. The van der Waals surface area contributed by atoms with Gasteiger partial charge in [0.25, 0.3) is 0 Å². The molecule has 0 spiro atoms. The highest BCUT2D eigenvalue weighted by Crippen LogP contribution is 2.24. The number of hydrogen-bond acceptors (Lipinski definition) is 4. The summed E-state index contributed by atoms with van der Waals surface area (Å²) in [6, 6.07) is 10.3. The third-order valence-electron chi connectivity index (χ3n) is 3.95. The first kappa shape index (κ1) is 17.2. The van der Waals surface area contributed by atoms with Crippen LogP contribution in [0.25, 0.3) is 10.8 Å². The highest BCUT2D eigenvalue weighted by atomic mass is 32.1. The van der Waals surface area contributed by atoms with Crippen molar-refractivity contribution in [2.75, 3.05) is 5.32 Å². The van der Waals surface area contributed by atoms with Gasteiger partial charge in [0.1, 0.15) is 12.0 Å². The Balaban J connectivity index is 1.71. The molecule has 6 heteroatoms. The van der Waals surface area contributed by atoms with E-state index in [0.717, 1.165) is 29.1 Å². The van der Waals surface area contributed by atoms with Crippen LogP contribution >= 0.6 is 11.3 Å². The number of benzene rings is 1. The van der Waals surface area contributed by atoms with Gasteiger partial charge in [-0.25, -0.2) is 9.98 Å². The lowest BCUT2D eigenvalue weighted by Crippen LogP contribution is -2.24. The quantitative estimate of drug-likeness (QED) is 0.506. The number of oxazole rings is 1. The van der Waals surface area contributed by atoms with Crippen molar-refractivity contribution in [3.63, 3.8) is 0 Å². The fraction of sp³-hybridized carbons (Fsp3) is 0.263. The summed E-state index contributed by atoms with van der Waals surface area (Å²) in [4.78, 5) is 9.86. The molecule has 0 radical (unpaired) electrons. The van der Waals surface area contributed by atoms with E-state index >= 15 is 0 Å². The number of anilines is 1. The van der Waals surface area contributed by atoms with Crippen LogP contribution in [0.1, 0.15) is 30.7 Å². The van der Waals surface area contributed by atoms with Crippen molar-refractivity contribution in [2.45, 2.75) is 33.2 Å². The highest BCUT2D eigenvalue weighted by molar-refractivity contribution is 7.13. The summed E-state index contributed by atoms with van der Waals surface area (Å²) in [5.74, 6) is 1.01. The lowest BCUT2D eigenvalue weighted by molar-refractivity contribution is 0.574. The smallest absolute Gasteiger partial charge is 0.236 e. The maximum Gasteiger partial charge on any atom is 0.236 e. The maximum atomic E-state index is 6.08. The largest absolute Gasteiger partial charge is 0.443 e. The van der Waals surface area contributed by atoms with Crippen LogP contribution in [0.2, 0.25) is 0 Å². The predicted octanol–water partition coefficient (Wildman–Crippen LogP) is 4.45. The van der Waals surface area contributed by atoms with Crippen LogP contribution < -0.4 is 11.1 Å². The summed E-state index contributed by atoms with van der Waals surface area (Å²) in [5.41, 5.74) is 10.4. The minimum atomic E-state index is 0.378. The van der Waals surface area contributed by atoms with Gasteiger partial charge in [0.15, 0.2) is 5.96 Å². The Morgan fingerprint density at radius 2 is 1.96 bits per heavy atom. The van der Waals surface area contributed by atoms with Crippen LogP contribution in [-0.2, 0) is 19.4 Å². The van der Waals surface area contributed by atoms with Gasteiger partial charge in [-0.05, 0) is 35.4 Å². The predicted molar refractivity (Wildman–Crippen MR) is 104 cm³/mol. The molecule has 25 heavy (non-hydrogen) atoms. The number of guanidine groups is 1. The van der Waals surface area contributed by atoms with Crippen molar-refractivity contribution in [1.29, 1.82) is 0 Å². The first-order valence-electron chi connectivity index (χ1n) is 8.37. The molecule has 0 unspecified atom stereocenters. The topological polar surface area (TPSA) is 76.4 Å². The zero-order chi connectivity index (χ0) is 17.6. The van der Waals surface area contributed by atoms with Crippen molar-refractivity contribution in [3.05, 3.63) is 58.8 Å². The van der Waals surface area contributed by atoms with Crippen molar-refractivity contribution >= 4 is 23.0 Å². The van der Waals surface area contributed by atoms with Gasteiger partial charge < -0.3 is 15.5 Å². The molecule has 2 heterocycles. The van der Waals surface area contributed by atoms with E-state index in [0.29, 0.717) is 18.4 Å². The molecular weight excluding hydrogens is 332 g/mol. The maximum absolute atomic E-state index is 6.08. The van der Waals surface area contributed by atoms with Gasteiger partial charge in [0.2, 0.25) is 5.89 Å². The Hall–Kier alpha value is -2.60. The zero-order valence-electron chi connectivity index (χ0n) is 14.5. The molecule has 2 aromatic heterocycles. The van der Waals surface area contributed by atoms with Crippen molar-refractivity contribution in [1.82, 2.24) is 4.98 Å². The molecule has 3 rings (SSSR count). The number of nitrogens with two attached hydrogens (primary N) is 1. The van der Waals surface area contributed by atoms with Gasteiger partial charge in [-0.15, -0.1) is 11.3 Å². The van der Waals surface area contributed by atoms with Crippen LogP contribution in [0.4, 0.5) is 5.69 Å². The van der Waals surface area contributed by atoms with E-state index in [2.05, 4.69) is 47.3 Å². The van der Waals surface area contributed by atoms with Crippen LogP contribution in [0.15, 0.2) is 51.4 Å². The Kier molecular flexibility index (Phi) is 5.50. The molecule has 0 saturated heterocycles. The summed E-state index contributed by atoms with van der Waals surface area (Å²) >= 11 is 1.59. The second-order valence-electron chi connectivity index (χ2n) is 5.61. The summed E-state index contributed by atoms with van der Waals surface area (Å²) in [7, 11) is 0. The average Bonchev–Trinajstić information content (AvgIpc) is 3.31. The molecule has 130 valence electrons. The molecular formula is C19H22N4OS. The van der Waals surface area contributed by atoms with Gasteiger partial charge in [0.05, 0.1) is 11.4 Å². The molecule has 0 aliphatic heterocycles. The molecule has 5 nitrogen and oxygen atoms in total. The van der Waals surface area contributed by atoms with Crippen molar-refractivity contribution < 1.29 is 4.42 Å². The molecule has 3 aromatic rings. The fourth-order valence-electron chi connectivity index (χ4n) is 2.63. The highest BCUT2D eigenvalue weighted by Gasteiger charge is 2.09. The van der Waals surface area contributed by atoms with E-state index < -0.39 is 0 Å². The molecule has 0 aliphatic carbocycles. The number of aliphatic imine (C=N–C) groups is 1. The summed E-state index contributed by atoms with van der Waals surface area (Å²) in [5, 5.41) is 5.25. The van der Waals surface area contributed by atoms with E-state index in [9.17, 15) is 0 Å². The summed E-state index contributed by atoms with van der Waals surface area (Å²) in [6.07, 6.45) is 3.51. The molecule has 3 N–H and O–H groups in total. The van der Waals surface area contributed by atoms with Crippen LogP contribution in [0.3, 0.4) is 0 Å². The summed E-state index contributed by atoms with van der Waals surface area (Å²) < 4.78 is 5.50. The molecule has 0 amide bonds. The molecule has 0 saturated carbocycles. The fourth-order valence-corrected chi connectivity index (χ4v) is 3.29. The third-order valence-corrected chi connectivity index (χ3v) is 4.80. The second kappa shape index (κ2) is 7.98. The average molecular weight is 354 g/mol. The molecule has 0 fully saturated rings. The number of hydrogen-bond donors (Lipinski definition) is 2. The minimum Gasteiger partial charge on any atom is -0.443 e. The number of nitrogens with one attached hydrogen (secondary N) is 1. The van der Waals surface area contributed by atoms with E-state index in [4.69, 9.17) is 10.2 Å². The lowest BCUT2D eigenvalue weighted by Gasteiger charge is -2.14. The van der Waals surface area contributed by atoms with E-state index in [1.165, 1.54) is 11.1 Å². The Morgan fingerprint density at radius 1 is 1.20 bits per heavy atom. The van der Waals surface area contributed by atoms with Gasteiger partial charge in [0, 0.05) is 5.69 Å². The van der Waals surface area contributed by atoms with Crippen LogP contribution in [-0.4, -0.2) is 10.9 Å². The number of para-hydroxylation sites is 1. The van der Waals surface area contributed by atoms with E-state index in [-0.39, 0.29) is 0 Å². The first-order chi connectivity index (χ1) is 12.2. The van der Waals surface area contributed by atoms with E-state index in [1.807, 2.05) is 17.5 Å². The van der Waals surface area contributed by atoms with Gasteiger partial charge in [-0.3, -0.25) is 0 Å². The normalized spacial score (nSPS) is 11.7. The number of nitrogens with zero attached hydrogens (tertiary/aromatic N) is 2. The first-order valence-corrected chi connectivity index (χ1v) is 9.25. The molecule has 0 atom stereocenters. The number of rotatable bonds is 6. The van der Waals surface area contributed by atoms with Gasteiger partial charge >= 0.3 is 0 Å². The number of aryl methyl sites for hydroxylation is 2. The molecule has 0 bridgehead atoms. The minimum absolute atomic E-state index is 0.378. The zero-order valence-corrected chi connectivity index (χ0v) is 15.3. The Bertz CT molecular complexity index is 830. The number of thiophene rings is 1. The third kappa shape index (κ3) is 4.09. The van der Waals surface area contributed by atoms with E-state index in [1.54, 1.807) is 17.6 Å². The molecule has 1 aromatic carbocycles. The van der Waals surface area contributed by atoms with Crippen molar-refractivity contribution in [2.24, 2.45) is 10.7 Å². The monoisotopic (exact) mass is 354 g/mol. The number of aromatic nitrogens is 1.